The minimum Gasteiger partial charge on any atom is -0.354 e. The van der Waals surface area contributed by atoms with Gasteiger partial charge < -0.3 is 10.3 Å². The van der Waals surface area contributed by atoms with E-state index in [1.165, 1.54) is 18.1 Å². The lowest BCUT2D eigenvalue weighted by Crippen LogP contribution is -2.35. The van der Waals surface area contributed by atoms with E-state index in [2.05, 4.69) is 22.4 Å². The average molecular weight is 296 g/mol. The molecule has 2 aromatic rings. The van der Waals surface area contributed by atoms with Gasteiger partial charge in [0.2, 0.25) is 0 Å². The van der Waals surface area contributed by atoms with Crippen molar-refractivity contribution in [3.8, 4) is 0 Å². The van der Waals surface area contributed by atoms with Gasteiger partial charge in [-0.2, -0.15) is 0 Å². The molecule has 0 fully saturated rings. The van der Waals surface area contributed by atoms with Crippen LogP contribution in [-0.4, -0.2) is 22.7 Å². The minimum absolute atomic E-state index is 0.0152. The summed E-state index contributed by atoms with van der Waals surface area (Å²) in [5.74, 6) is -0.149. The van der Waals surface area contributed by atoms with E-state index >= 15 is 0 Å². The summed E-state index contributed by atoms with van der Waals surface area (Å²) >= 11 is 0. The van der Waals surface area contributed by atoms with Gasteiger partial charge in [-0.1, -0.05) is 24.3 Å². The highest BCUT2D eigenvalue weighted by Crippen LogP contribution is 2.23. The van der Waals surface area contributed by atoms with Crippen molar-refractivity contribution < 1.29 is 9.59 Å². The number of ketones is 1. The molecule has 0 aliphatic heterocycles. The fraction of sp³-hybridized carbons (Fsp3) is 0.333. The lowest BCUT2D eigenvalue weighted by molar-refractivity contribution is 0.0933. The Kier molecular flexibility index (Phi) is 3.61. The number of H-pyrrole nitrogens is 1. The van der Waals surface area contributed by atoms with E-state index in [0.717, 1.165) is 24.1 Å². The van der Waals surface area contributed by atoms with E-state index in [9.17, 15) is 9.59 Å². The summed E-state index contributed by atoms with van der Waals surface area (Å²) in [5, 5.41) is 3.08. The summed E-state index contributed by atoms with van der Waals surface area (Å²) in [6, 6.07) is 8.40. The normalized spacial score (nSPS) is 14.0. The summed E-state index contributed by atoms with van der Waals surface area (Å²) in [4.78, 5) is 27.2. The van der Waals surface area contributed by atoms with E-state index in [1.807, 2.05) is 26.0 Å². The molecule has 22 heavy (non-hydrogen) atoms. The molecule has 1 amide bonds. The second-order valence-electron chi connectivity index (χ2n) is 6.03. The molecule has 4 nitrogen and oxygen atoms in total. The number of carbonyl (C=O) groups is 2. The standard InChI is InChI=1S/C18H20N2O2/c1-10-16(12(3)21)11(2)19-17(10)18(22)20-15-8-13-6-4-5-7-14(13)9-15/h4-7,15,19H,8-9H2,1-3H3,(H,20,22). The van der Waals surface area contributed by atoms with Crippen LogP contribution in [0.2, 0.25) is 0 Å². The van der Waals surface area contributed by atoms with Crippen molar-refractivity contribution >= 4 is 11.7 Å². The highest BCUT2D eigenvalue weighted by atomic mass is 16.2. The van der Waals surface area contributed by atoms with Crippen molar-refractivity contribution in [2.45, 2.75) is 39.7 Å². The monoisotopic (exact) mass is 296 g/mol. The Labute approximate surface area is 129 Å². The zero-order valence-electron chi connectivity index (χ0n) is 13.1. The first-order valence-electron chi connectivity index (χ1n) is 7.55. The number of fused-ring (bicyclic) bond motifs is 1. The maximum absolute atomic E-state index is 12.5. The molecular weight excluding hydrogens is 276 g/mol. The first-order valence-corrected chi connectivity index (χ1v) is 7.55. The number of carbonyl (C=O) groups excluding carboxylic acids is 2. The van der Waals surface area contributed by atoms with Gasteiger partial charge in [-0.05, 0) is 50.3 Å². The van der Waals surface area contributed by atoms with Gasteiger partial charge in [0.05, 0.1) is 0 Å². The van der Waals surface area contributed by atoms with E-state index in [-0.39, 0.29) is 17.7 Å². The zero-order valence-corrected chi connectivity index (χ0v) is 13.1. The molecule has 0 saturated carbocycles. The van der Waals surface area contributed by atoms with Gasteiger partial charge in [-0.3, -0.25) is 9.59 Å². The van der Waals surface area contributed by atoms with Crippen molar-refractivity contribution in [1.29, 1.82) is 0 Å². The van der Waals surface area contributed by atoms with Crippen LogP contribution >= 0.6 is 0 Å². The van der Waals surface area contributed by atoms with Crippen molar-refractivity contribution in [1.82, 2.24) is 10.3 Å². The number of hydrogen-bond donors (Lipinski definition) is 2. The van der Waals surface area contributed by atoms with Crippen molar-refractivity contribution in [3.05, 3.63) is 57.9 Å². The Bertz CT molecular complexity index is 733. The topological polar surface area (TPSA) is 62.0 Å². The largest absolute Gasteiger partial charge is 0.354 e. The predicted octanol–water partition coefficient (Wildman–Crippen LogP) is 2.73. The summed E-state index contributed by atoms with van der Waals surface area (Å²) in [7, 11) is 0. The van der Waals surface area contributed by atoms with Crippen LogP contribution in [0.1, 0.15) is 50.2 Å². The second-order valence-corrected chi connectivity index (χ2v) is 6.03. The molecule has 1 aliphatic carbocycles. The number of Topliss-reactive ketones (excluding diaryl/α,β-unsaturated/α-hetero) is 1. The summed E-state index contributed by atoms with van der Waals surface area (Å²) in [6.07, 6.45) is 1.72. The molecule has 0 unspecified atom stereocenters. The van der Waals surface area contributed by atoms with E-state index < -0.39 is 0 Å². The fourth-order valence-electron chi connectivity index (χ4n) is 3.42. The molecule has 3 rings (SSSR count). The summed E-state index contributed by atoms with van der Waals surface area (Å²) in [5.41, 5.74) is 5.22. The first-order chi connectivity index (χ1) is 10.5. The molecule has 1 aliphatic rings. The first kappa shape index (κ1) is 14.6. The minimum atomic E-state index is -0.133. The molecule has 114 valence electrons. The van der Waals surface area contributed by atoms with Gasteiger partial charge in [0, 0.05) is 17.3 Å². The van der Waals surface area contributed by atoms with Crippen molar-refractivity contribution in [2.75, 3.05) is 0 Å². The maximum Gasteiger partial charge on any atom is 0.268 e. The number of aryl methyl sites for hydroxylation is 1. The lowest BCUT2D eigenvalue weighted by atomic mass is 10.1. The predicted molar refractivity (Wildman–Crippen MR) is 85.4 cm³/mol. The average Bonchev–Trinajstić information content (AvgIpc) is 2.98. The molecule has 2 N–H and O–H groups in total. The van der Waals surface area contributed by atoms with Crippen LogP contribution in [0.3, 0.4) is 0 Å². The lowest BCUT2D eigenvalue weighted by Gasteiger charge is -2.11. The quantitative estimate of drug-likeness (QED) is 0.856. The molecule has 0 saturated heterocycles. The van der Waals surface area contributed by atoms with Gasteiger partial charge in [0.15, 0.2) is 5.78 Å². The van der Waals surface area contributed by atoms with Crippen LogP contribution < -0.4 is 5.32 Å². The summed E-state index contributed by atoms with van der Waals surface area (Å²) < 4.78 is 0. The fourth-order valence-corrected chi connectivity index (χ4v) is 3.42. The van der Waals surface area contributed by atoms with Crippen LogP contribution in [0.15, 0.2) is 24.3 Å². The molecule has 4 heteroatoms. The molecule has 0 radical (unpaired) electrons. The Balaban J connectivity index is 1.77. The van der Waals surface area contributed by atoms with E-state index in [0.29, 0.717) is 11.3 Å². The third-order valence-electron chi connectivity index (χ3n) is 4.40. The second kappa shape index (κ2) is 5.44. The highest BCUT2D eigenvalue weighted by Gasteiger charge is 2.25. The summed E-state index contributed by atoms with van der Waals surface area (Å²) in [6.45, 7) is 5.17. The third-order valence-corrected chi connectivity index (χ3v) is 4.40. The molecule has 0 bridgehead atoms. The number of aromatic amines is 1. The number of nitrogens with one attached hydrogen (secondary N) is 2. The number of amides is 1. The number of benzene rings is 1. The number of hydrogen-bond acceptors (Lipinski definition) is 2. The van der Waals surface area contributed by atoms with Gasteiger partial charge in [0.1, 0.15) is 5.69 Å². The van der Waals surface area contributed by atoms with E-state index in [1.54, 1.807) is 0 Å². The maximum atomic E-state index is 12.5. The van der Waals surface area contributed by atoms with Crippen LogP contribution in [-0.2, 0) is 12.8 Å². The SMILES string of the molecule is CC(=O)c1c(C)[nH]c(C(=O)NC2Cc3ccccc3C2)c1C. The third kappa shape index (κ3) is 2.45. The Hall–Kier alpha value is -2.36. The molecule has 1 aromatic carbocycles. The van der Waals surface area contributed by atoms with Crippen LogP contribution in [0.5, 0.6) is 0 Å². The van der Waals surface area contributed by atoms with Crippen LogP contribution in [0, 0.1) is 13.8 Å². The Morgan fingerprint density at radius 3 is 2.23 bits per heavy atom. The molecule has 0 spiro atoms. The Morgan fingerprint density at radius 2 is 1.73 bits per heavy atom. The number of aromatic nitrogens is 1. The zero-order chi connectivity index (χ0) is 15.9. The smallest absolute Gasteiger partial charge is 0.268 e. The highest BCUT2D eigenvalue weighted by molar-refractivity contribution is 6.02. The molecular formula is C18H20N2O2. The van der Waals surface area contributed by atoms with Gasteiger partial charge in [-0.25, -0.2) is 0 Å². The van der Waals surface area contributed by atoms with Gasteiger partial charge in [0.25, 0.3) is 5.91 Å². The van der Waals surface area contributed by atoms with Gasteiger partial charge >= 0.3 is 0 Å². The van der Waals surface area contributed by atoms with E-state index in [4.69, 9.17) is 0 Å². The Morgan fingerprint density at radius 1 is 1.14 bits per heavy atom. The molecule has 0 atom stereocenters. The van der Waals surface area contributed by atoms with Crippen LogP contribution in [0.25, 0.3) is 0 Å². The van der Waals surface area contributed by atoms with Crippen LogP contribution in [0.4, 0.5) is 0 Å². The molecule has 1 aromatic heterocycles. The van der Waals surface area contributed by atoms with Gasteiger partial charge in [-0.15, -0.1) is 0 Å². The number of rotatable bonds is 3. The molecule has 1 heterocycles. The van der Waals surface area contributed by atoms with Crippen molar-refractivity contribution in [3.63, 3.8) is 0 Å². The van der Waals surface area contributed by atoms with Crippen molar-refractivity contribution in [2.24, 2.45) is 0 Å².